The highest BCUT2D eigenvalue weighted by molar-refractivity contribution is 5.93. The molecule has 2 aliphatic rings. The maximum absolute atomic E-state index is 13.7. The van der Waals surface area contributed by atoms with Crippen molar-refractivity contribution in [2.24, 2.45) is 17.8 Å². The van der Waals surface area contributed by atoms with Crippen LogP contribution in [0.5, 0.6) is 0 Å². The fraction of sp³-hybridized carbons (Fsp3) is 0.522. The molecule has 0 spiro atoms. The number of hydrogen-bond acceptors (Lipinski definition) is 4. The summed E-state index contributed by atoms with van der Waals surface area (Å²) in [5, 5.41) is 3.09. The minimum absolute atomic E-state index is 0.0596. The summed E-state index contributed by atoms with van der Waals surface area (Å²) in [7, 11) is 1.32. The van der Waals surface area contributed by atoms with Crippen LogP contribution in [-0.4, -0.2) is 34.6 Å². The molecular formula is C23H27F2N3O3. The van der Waals surface area contributed by atoms with Crippen LogP contribution in [0, 0.1) is 29.4 Å². The summed E-state index contributed by atoms with van der Waals surface area (Å²) >= 11 is 0. The molecule has 1 aromatic carbocycles. The Hall–Kier alpha value is -2.77. The molecular weight excluding hydrogens is 404 g/mol. The third-order valence-electron chi connectivity index (χ3n) is 6.90. The van der Waals surface area contributed by atoms with Crippen molar-refractivity contribution < 1.29 is 23.1 Å². The Kier molecular flexibility index (Phi) is 5.81. The molecule has 166 valence electrons. The van der Waals surface area contributed by atoms with Crippen molar-refractivity contribution in [3.05, 3.63) is 42.2 Å². The van der Waals surface area contributed by atoms with Gasteiger partial charge in [-0.15, -0.1) is 0 Å². The zero-order valence-corrected chi connectivity index (χ0v) is 17.7. The van der Waals surface area contributed by atoms with Crippen LogP contribution in [0.15, 0.2) is 30.6 Å². The van der Waals surface area contributed by atoms with Gasteiger partial charge in [0.05, 0.1) is 24.5 Å². The summed E-state index contributed by atoms with van der Waals surface area (Å²) in [6.07, 6.45) is 4.75. The normalized spacial score (nSPS) is 25.2. The third kappa shape index (κ3) is 4.07. The molecule has 5 atom stereocenters. The van der Waals surface area contributed by atoms with Crippen molar-refractivity contribution >= 4 is 22.9 Å². The van der Waals surface area contributed by atoms with Crippen LogP contribution in [0.25, 0.3) is 11.0 Å². The van der Waals surface area contributed by atoms with E-state index in [1.165, 1.54) is 13.2 Å². The standard InChI is InChI=1S/C23H27F2N3O3/c1-4-18(27-23(30)12(2)5-6-21(29)31-3)22-14-7-13(8-15(14)22)28-11-26-19-9-16(24)17(25)10-20(19)28/h9-11,13-15,18,22H,2,4-8H2,1,3H3,(H,27,30)/t13-,14-,15+,18-,22+/m1/s1. The highest BCUT2D eigenvalue weighted by Crippen LogP contribution is 2.62. The van der Waals surface area contributed by atoms with Gasteiger partial charge >= 0.3 is 5.97 Å². The van der Waals surface area contributed by atoms with Gasteiger partial charge in [-0.2, -0.15) is 0 Å². The van der Waals surface area contributed by atoms with Gasteiger partial charge in [0, 0.05) is 36.2 Å². The van der Waals surface area contributed by atoms with E-state index in [4.69, 9.17) is 0 Å². The average molecular weight is 431 g/mol. The minimum atomic E-state index is -0.887. The largest absolute Gasteiger partial charge is 0.469 e. The predicted molar refractivity (Wildman–Crippen MR) is 111 cm³/mol. The maximum Gasteiger partial charge on any atom is 0.305 e. The van der Waals surface area contributed by atoms with Gasteiger partial charge in [-0.3, -0.25) is 9.59 Å². The first-order valence-electron chi connectivity index (χ1n) is 10.7. The van der Waals surface area contributed by atoms with Crippen LogP contribution in [0.1, 0.15) is 45.1 Å². The number of methoxy groups -OCH3 is 1. The van der Waals surface area contributed by atoms with Crippen molar-refractivity contribution in [3.63, 3.8) is 0 Å². The van der Waals surface area contributed by atoms with Crippen LogP contribution in [0.4, 0.5) is 8.78 Å². The zero-order valence-electron chi connectivity index (χ0n) is 17.7. The Morgan fingerprint density at radius 3 is 2.58 bits per heavy atom. The Bertz CT molecular complexity index is 1020. The molecule has 1 aromatic heterocycles. The number of imidazole rings is 1. The number of ether oxygens (including phenoxy) is 1. The smallest absolute Gasteiger partial charge is 0.305 e. The van der Waals surface area contributed by atoms with Crippen LogP contribution < -0.4 is 5.32 Å². The number of rotatable bonds is 8. The van der Waals surface area contributed by atoms with E-state index in [0.717, 1.165) is 25.3 Å². The monoisotopic (exact) mass is 431 g/mol. The van der Waals surface area contributed by atoms with Crippen molar-refractivity contribution in [2.45, 2.75) is 51.1 Å². The van der Waals surface area contributed by atoms with Gasteiger partial charge in [0.25, 0.3) is 0 Å². The molecule has 8 heteroatoms. The molecule has 4 rings (SSSR count). The highest BCUT2D eigenvalue weighted by Gasteiger charge is 2.59. The van der Waals surface area contributed by atoms with Crippen LogP contribution >= 0.6 is 0 Å². The summed E-state index contributed by atoms with van der Waals surface area (Å²) in [6.45, 7) is 5.85. The molecule has 2 saturated carbocycles. The minimum Gasteiger partial charge on any atom is -0.469 e. The second-order valence-corrected chi connectivity index (χ2v) is 8.61. The van der Waals surface area contributed by atoms with E-state index in [9.17, 15) is 18.4 Å². The molecule has 0 aliphatic heterocycles. The Morgan fingerprint density at radius 1 is 1.26 bits per heavy atom. The molecule has 2 fully saturated rings. The Morgan fingerprint density at radius 2 is 1.94 bits per heavy atom. The molecule has 0 bridgehead atoms. The van der Waals surface area contributed by atoms with E-state index in [-0.39, 0.29) is 36.8 Å². The molecule has 0 radical (unpaired) electrons. The van der Waals surface area contributed by atoms with Gasteiger partial charge < -0.3 is 14.6 Å². The molecule has 0 unspecified atom stereocenters. The Labute approximate surface area is 179 Å². The lowest BCUT2D eigenvalue weighted by Gasteiger charge is -2.23. The lowest BCUT2D eigenvalue weighted by atomic mass is 9.98. The van der Waals surface area contributed by atoms with E-state index in [0.29, 0.717) is 34.4 Å². The summed E-state index contributed by atoms with van der Waals surface area (Å²) in [4.78, 5) is 28.0. The fourth-order valence-corrected chi connectivity index (χ4v) is 5.21. The molecule has 2 aromatic rings. The number of carbonyl (C=O) groups is 2. The second-order valence-electron chi connectivity index (χ2n) is 8.61. The van der Waals surface area contributed by atoms with E-state index in [1.807, 2.05) is 11.5 Å². The van der Waals surface area contributed by atoms with E-state index in [2.05, 4.69) is 21.6 Å². The van der Waals surface area contributed by atoms with Gasteiger partial charge in [-0.05, 0) is 43.4 Å². The molecule has 1 amide bonds. The number of hydrogen-bond donors (Lipinski definition) is 1. The molecule has 31 heavy (non-hydrogen) atoms. The molecule has 6 nitrogen and oxygen atoms in total. The topological polar surface area (TPSA) is 73.2 Å². The predicted octanol–water partition coefficient (Wildman–Crippen LogP) is 3.92. The quantitative estimate of drug-likeness (QED) is 0.508. The van der Waals surface area contributed by atoms with E-state index in [1.54, 1.807) is 6.33 Å². The lowest BCUT2D eigenvalue weighted by Crippen LogP contribution is -2.38. The first kappa shape index (κ1) is 21.5. The summed E-state index contributed by atoms with van der Waals surface area (Å²) in [5.74, 6) is -0.947. The molecule has 0 saturated heterocycles. The van der Waals surface area contributed by atoms with Crippen molar-refractivity contribution in [1.82, 2.24) is 14.9 Å². The zero-order chi connectivity index (χ0) is 22.3. The van der Waals surface area contributed by atoms with Crippen molar-refractivity contribution in [2.75, 3.05) is 7.11 Å². The number of halogens is 2. The van der Waals surface area contributed by atoms with Crippen molar-refractivity contribution in [3.8, 4) is 0 Å². The van der Waals surface area contributed by atoms with Gasteiger partial charge in [0.2, 0.25) is 5.91 Å². The number of amides is 1. The molecule has 2 aliphatic carbocycles. The second kappa shape index (κ2) is 8.40. The maximum atomic E-state index is 13.7. The van der Waals surface area contributed by atoms with Gasteiger partial charge in [-0.1, -0.05) is 13.5 Å². The number of fused-ring (bicyclic) bond motifs is 2. The van der Waals surface area contributed by atoms with E-state index >= 15 is 0 Å². The molecule has 1 N–H and O–H groups in total. The van der Waals surface area contributed by atoms with Crippen molar-refractivity contribution in [1.29, 1.82) is 0 Å². The van der Waals surface area contributed by atoms with Gasteiger partial charge in [-0.25, -0.2) is 13.8 Å². The fourth-order valence-electron chi connectivity index (χ4n) is 5.21. The third-order valence-corrected chi connectivity index (χ3v) is 6.90. The summed E-state index contributed by atoms with van der Waals surface area (Å²) in [6, 6.07) is 2.61. The number of benzene rings is 1. The number of esters is 1. The molecule has 1 heterocycles. The number of aromatic nitrogens is 2. The van der Waals surface area contributed by atoms with Crippen LogP contribution in [0.2, 0.25) is 0 Å². The van der Waals surface area contributed by atoms with Gasteiger partial charge in [0.1, 0.15) is 0 Å². The first-order valence-corrected chi connectivity index (χ1v) is 10.7. The van der Waals surface area contributed by atoms with Gasteiger partial charge in [0.15, 0.2) is 11.6 Å². The summed E-state index contributed by atoms with van der Waals surface area (Å²) in [5.41, 5.74) is 1.45. The number of nitrogens with one attached hydrogen (secondary N) is 1. The van der Waals surface area contributed by atoms with Crippen LogP contribution in [-0.2, 0) is 14.3 Å². The number of carbonyl (C=O) groups excluding carboxylic acids is 2. The Balaban J connectivity index is 1.35. The summed E-state index contributed by atoms with van der Waals surface area (Å²) < 4.78 is 33.7. The van der Waals surface area contributed by atoms with E-state index < -0.39 is 11.6 Å². The lowest BCUT2D eigenvalue weighted by molar-refractivity contribution is -0.140. The number of nitrogens with zero attached hydrogens (tertiary/aromatic N) is 2. The SMILES string of the molecule is C=C(CCC(=O)OC)C(=O)N[C@H](CC)[C@H]1[C@@H]2C[C@@H](n3cnc4cc(F)c(F)cc43)C[C@@H]21. The van der Waals surface area contributed by atoms with Crippen LogP contribution in [0.3, 0.4) is 0 Å². The average Bonchev–Trinajstić information content (AvgIpc) is 3.07. The first-order chi connectivity index (χ1) is 14.8. The highest BCUT2D eigenvalue weighted by atomic mass is 19.2.